The molecule has 0 aromatic carbocycles. The summed E-state index contributed by atoms with van der Waals surface area (Å²) in [5.74, 6) is 1.70. The van der Waals surface area contributed by atoms with Crippen LogP contribution in [0.15, 0.2) is 0 Å². The molecule has 2 atom stereocenters. The van der Waals surface area contributed by atoms with Crippen molar-refractivity contribution in [1.82, 2.24) is 0 Å². The molecule has 0 N–H and O–H groups in total. The standard InChI is InChI=1S/C5H5FO2S/c1-2-5(6)3-8-9(7)4-5/h1H,3-4H2. The Morgan fingerprint density at radius 1 is 1.89 bits per heavy atom. The van der Waals surface area contributed by atoms with Crippen LogP contribution in [0, 0.1) is 12.3 Å². The Labute approximate surface area is 55.1 Å². The molecule has 1 heterocycles. The summed E-state index contributed by atoms with van der Waals surface area (Å²) in [5, 5.41) is 0. The molecule has 4 heteroatoms. The Morgan fingerprint density at radius 2 is 2.56 bits per heavy atom. The van der Waals surface area contributed by atoms with Crippen LogP contribution < -0.4 is 0 Å². The van der Waals surface area contributed by atoms with Crippen LogP contribution in [0.4, 0.5) is 4.39 Å². The number of halogens is 1. The molecule has 0 amide bonds. The van der Waals surface area contributed by atoms with Crippen molar-refractivity contribution < 1.29 is 12.8 Å². The fourth-order valence-corrected chi connectivity index (χ4v) is 1.45. The molecule has 1 rings (SSSR count). The van der Waals surface area contributed by atoms with Crippen LogP contribution in [-0.4, -0.2) is 22.2 Å². The third-order valence-electron chi connectivity index (χ3n) is 1.02. The molecule has 0 bridgehead atoms. The lowest BCUT2D eigenvalue weighted by molar-refractivity contribution is 0.205. The van der Waals surface area contributed by atoms with E-state index in [1.165, 1.54) is 0 Å². The minimum absolute atomic E-state index is 0.191. The van der Waals surface area contributed by atoms with Crippen molar-refractivity contribution in [3.05, 3.63) is 0 Å². The molecular formula is C5H5FO2S. The summed E-state index contributed by atoms with van der Waals surface area (Å²) < 4.78 is 27.5. The van der Waals surface area contributed by atoms with Gasteiger partial charge in [0.15, 0.2) is 11.1 Å². The van der Waals surface area contributed by atoms with E-state index < -0.39 is 16.7 Å². The number of hydrogen-bond acceptors (Lipinski definition) is 2. The summed E-state index contributed by atoms with van der Waals surface area (Å²) in [6.45, 7) is -0.240. The fraction of sp³-hybridized carbons (Fsp3) is 0.600. The van der Waals surface area contributed by atoms with Gasteiger partial charge >= 0.3 is 0 Å². The summed E-state index contributed by atoms with van der Waals surface area (Å²) in [4.78, 5) is 0. The zero-order chi connectivity index (χ0) is 6.91. The van der Waals surface area contributed by atoms with E-state index in [4.69, 9.17) is 6.42 Å². The molecule has 0 saturated carbocycles. The molecular weight excluding hydrogens is 143 g/mol. The first kappa shape index (κ1) is 6.72. The van der Waals surface area contributed by atoms with Crippen molar-refractivity contribution in [1.29, 1.82) is 0 Å². The van der Waals surface area contributed by atoms with E-state index in [9.17, 15) is 8.60 Å². The summed E-state index contributed by atoms with van der Waals surface area (Å²) in [5.41, 5.74) is -1.79. The molecule has 1 saturated heterocycles. The van der Waals surface area contributed by atoms with Crippen molar-refractivity contribution >= 4 is 11.1 Å². The summed E-state index contributed by atoms with van der Waals surface area (Å²) >= 11 is -1.51. The van der Waals surface area contributed by atoms with E-state index in [0.29, 0.717) is 0 Å². The van der Waals surface area contributed by atoms with Gasteiger partial charge < -0.3 is 0 Å². The zero-order valence-corrected chi connectivity index (χ0v) is 5.41. The maximum absolute atomic E-state index is 12.7. The maximum atomic E-state index is 12.7. The van der Waals surface area contributed by atoms with Crippen molar-refractivity contribution in [2.75, 3.05) is 12.4 Å². The van der Waals surface area contributed by atoms with Gasteiger partial charge in [-0.3, -0.25) is 4.18 Å². The lowest BCUT2D eigenvalue weighted by Gasteiger charge is -2.03. The fourth-order valence-electron chi connectivity index (χ4n) is 0.513. The SMILES string of the molecule is C#CC1(F)COS(=O)C1. The van der Waals surface area contributed by atoms with E-state index in [1.807, 2.05) is 5.92 Å². The molecule has 0 aromatic heterocycles. The third-order valence-corrected chi connectivity index (χ3v) is 2.10. The van der Waals surface area contributed by atoms with Gasteiger partial charge in [0.2, 0.25) is 5.67 Å². The van der Waals surface area contributed by atoms with Gasteiger partial charge in [0.1, 0.15) is 6.61 Å². The second-order valence-corrected chi connectivity index (χ2v) is 2.95. The van der Waals surface area contributed by atoms with Gasteiger partial charge in [0.05, 0.1) is 5.75 Å². The molecule has 0 aromatic rings. The topological polar surface area (TPSA) is 26.3 Å². The first-order valence-corrected chi connectivity index (χ1v) is 3.59. The van der Waals surface area contributed by atoms with Crippen LogP contribution in [0.2, 0.25) is 0 Å². The lowest BCUT2D eigenvalue weighted by Crippen LogP contribution is -2.23. The second-order valence-electron chi connectivity index (χ2n) is 1.82. The predicted molar refractivity (Wildman–Crippen MR) is 31.6 cm³/mol. The van der Waals surface area contributed by atoms with Crippen LogP contribution in [0.25, 0.3) is 0 Å². The first-order chi connectivity index (χ1) is 4.16. The Balaban J connectivity index is 2.68. The van der Waals surface area contributed by atoms with Crippen molar-refractivity contribution in [3.8, 4) is 12.3 Å². The smallest absolute Gasteiger partial charge is 0.208 e. The van der Waals surface area contributed by atoms with Crippen LogP contribution in [-0.2, 0) is 15.3 Å². The van der Waals surface area contributed by atoms with Crippen LogP contribution >= 0.6 is 0 Å². The van der Waals surface area contributed by atoms with Crippen LogP contribution in [0.3, 0.4) is 0 Å². The average molecular weight is 148 g/mol. The molecule has 1 aliphatic rings. The summed E-state index contributed by atoms with van der Waals surface area (Å²) in [7, 11) is 0. The molecule has 0 spiro atoms. The molecule has 2 unspecified atom stereocenters. The predicted octanol–water partition coefficient (Wildman–Crippen LogP) is 0.0218. The van der Waals surface area contributed by atoms with Gasteiger partial charge in [0.25, 0.3) is 0 Å². The maximum Gasteiger partial charge on any atom is 0.208 e. The number of hydrogen-bond donors (Lipinski definition) is 0. The van der Waals surface area contributed by atoms with E-state index in [-0.39, 0.29) is 12.4 Å². The third kappa shape index (κ3) is 1.29. The van der Waals surface area contributed by atoms with Crippen molar-refractivity contribution in [2.45, 2.75) is 5.67 Å². The minimum Gasteiger partial charge on any atom is -0.286 e. The van der Waals surface area contributed by atoms with Crippen molar-refractivity contribution in [2.24, 2.45) is 0 Å². The van der Waals surface area contributed by atoms with E-state index in [2.05, 4.69) is 4.18 Å². The van der Waals surface area contributed by atoms with Gasteiger partial charge in [-0.15, -0.1) is 6.42 Å². The second kappa shape index (κ2) is 2.09. The van der Waals surface area contributed by atoms with Crippen molar-refractivity contribution in [3.63, 3.8) is 0 Å². The van der Waals surface area contributed by atoms with Gasteiger partial charge in [-0.1, -0.05) is 5.92 Å². The highest BCUT2D eigenvalue weighted by Crippen LogP contribution is 2.19. The minimum atomic E-state index is -1.79. The average Bonchev–Trinajstić information content (AvgIpc) is 2.13. The Hall–Kier alpha value is -0.400. The van der Waals surface area contributed by atoms with Crippen LogP contribution in [0.5, 0.6) is 0 Å². The lowest BCUT2D eigenvalue weighted by atomic mass is 10.2. The Kier molecular flexibility index (Phi) is 1.56. The van der Waals surface area contributed by atoms with Gasteiger partial charge in [0, 0.05) is 0 Å². The largest absolute Gasteiger partial charge is 0.286 e. The molecule has 1 aliphatic heterocycles. The van der Waals surface area contributed by atoms with Gasteiger partial charge in [-0.25, -0.2) is 8.60 Å². The van der Waals surface area contributed by atoms with Gasteiger partial charge in [-0.05, 0) is 0 Å². The highest BCUT2D eigenvalue weighted by atomic mass is 32.2. The Bertz CT molecular complexity index is 186. The highest BCUT2D eigenvalue weighted by molar-refractivity contribution is 7.80. The monoisotopic (exact) mass is 148 g/mol. The quantitative estimate of drug-likeness (QED) is 0.453. The summed E-state index contributed by atoms with van der Waals surface area (Å²) in [6.07, 6.45) is 4.79. The van der Waals surface area contributed by atoms with Crippen LogP contribution in [0.1, 0.15) is 0 Å². The first-order valence-electron chi connectivity index (χ1n) is 2.35. The molecule has 0 radical (unpaired) electrons. The number of terminal acetylenes is 1. The molecule has 1 fully saturated rings. The van der Waals surface area contributed by atoms with Gasteiger partial charge in [-0.2, -0.15) is 0 Å². The zero-order valence-electron chi connectivity index (χ0n) is 4.59. The summed E-state index contributed by atoms with van der Waals surface area (Å²) in [6, 6.07) is 0. The molecule has 9 heavy (non-hydrogen) atoms. The highest BCUT2D eigenvalue weighted by Gasteiger charge is 2.37. The van der Waals surface area contributed by atoms with E-state index >= 15 is 0 Å². The number of rotatable bonds is 0. The van der Waals surface area contributed by atoms with E-state index in [0.717, 1.165) is 0 Å². The number of alkyl halides is 1. The Morgan fingerprint density at radius 3 is 2.78 bits per heavy atom. The molecule has 0 aliphatic carbocycles. The molecule has 2 nitrogen and oxygen atoms in total. The van der Waals surface area contributed by atoms with E-state index in [1.54, 1.807) is 0 Å². The normalized spacial score (nSPS) is 42.4. The molecule has 50 valence electrons.